The van der Waals surface area contributed by atoms with Crippen LogP contribution >= 0.6 is 0 Å². The summed E-state index contributed by atoms with van der Waals surface area (Å²) in [6.07, 6.45) is 8.28. The molecule has 1 heterocycles. The van der Waals surface area contributed by atoms with Crippen LogP contribution in [0.3, 0.4) is 0 Å². The molecule has 2 amide bonds. The monoisotopic (exact) mass is 386 g/mol. The maximum Gasteiger partial charge on any atom is 0.254 e. The predicted octanol–water partition coefficient (Wildman–Crippen LogP) is 3.88. The highest BCUT2D eigenvalue weighted by Crippen LogP contribution is 2.49. The molecule has 1 saturated carbocycles. The summed E-state index contributed by atoms with van der Waals surface area (Å²) in [5, 5.41) is 3.18. The fourth-order valence-corrected chi connectivity index (χ4v) is 5.04. The maximum atomic E-state index is 13.4. The molecule has 1 unspecified atom stereocenters. The number of fused-ring (bicyclic) bond motifs is 1. The standard InChI is InChI=1S/C23H34N2O3/c1-3-4-10-15-24-21(26)20-18-11-6-7-12-19(18)22(27)25(16-17-28-2)23(20)13-8-5-9-14-23/h6-7,11-12,20H,3-5,8-10,13-17H2,1-2H3,(H,24,26). The summed E-state index contributed by atoms with van der Waals surface area (Å²) in [4.78, 5) is 28.8. The minimum absolute atomic E-state index is 0.0459. The molecule has 154 valence electrons. The van der Waals surface area contributed by atoms with Crippen LogP contribution in [-0.4, -0.2) is 49.1 Å². The topological polar surface area (TPSA) is 58.6 Å². The van der Waals surface area contributed by atoms with Gasteiger partial charge >= 0.3 is 0 Å². The number of amides is 2. The van der Waals surface area contributed by atoms with Gasteiger partial charge in [-0.3, -0.25) is 9.59 Å². The lowest BCUT2D eigenvalue weighted by Crippen LogP contribution is -2.63. The van der Waals surface area contributed by atoms with Gasteiger partial charge in [-0.2, -0.15) is 0 Å². The van der Waals surface area contributed by atoms with Gasteiger partial charge in [0.15, 0.2) is 0 Å². The van der Waals surface area contributed by atoms with Crippen molar-refractivity contribution in [2.45, 2.75) is 69.7 Å². The number of hydrogen-bond acceptors (Lipinski definition) is 3. The summed E-state index contributed by atoms with van der Waals surface area (Å²) in [5.74, 6) is -0.190. The van der Waals surface area contributed by atoms with Crippen molar-refractivity contribution in [1.82, 2.24) is 10.2 Å². The van der Waals surface area contributed by atoms with Crippen molar-refractivity contribution >= 4 is 11.8 Å². The van der Waals surface area contributed by atoms with Crippen molar-refractivity contribution in [3.8, 4) is 0 Å². The Bertz CT molecular complexity index is 682. The van der Waals surface area contributed by atoms with Gasteiger partial charge in [0.05, 0.1) is 18.1 Å². The van der Waals surface area contributed by atoms with E-state index in [1.165, 1.54) is 6.42 Å². The number of nitrogens with one attached hydrogen (secondary N) is 1. The smallest absolute Gasteiger partial charge is 0.254 e. The van der Waals surface area contributed by atoms with Crippen molar-refractivity contribution < 1.29 is 14.3 Å². The van der Waals surface area contributed by atoms with Gasteiger partial charge in [-0.05, 0) is 30.9 Å². The number of rotatable bonds is 8. The normalized spacial score (nSPS) is 20.9. The fraction of sp³-hybridized carbons (Fsp3) is 0.652. The summed E-state index contributed by atoms with van der Waals surface area (Å²) >= 11 is 0. The molecule has 1 aliphatic heterocycles. The summed E-state index contributed by atoms with van der Waals surface area (Å²) < 4.78 is 5.31. The zero-order chi connectivity index (χ0) is 20.0. The minimum Gasteiger partial charge on any atom is -0.383 e. The van der Waals surface area contributed by atoms with Gasteiger partial charge < -0.3 is 15.0 Å². The summed E-state index contributed by atoms with van der Waals surface area (Å²) in [7, 11) is 1.66. The molecule has 2 aliphatic rings. The van der Waals surface area contributed by atoms with Crippen LogP contribution in [0.25, 0.3) is 0 Å². The molecule has 28 heavy (non-hydrogen) atoms. The molecule has 1 N–H and O–H groups in total. The SMILES string of the molecule is CCCCCNC(=O)C1c2ccccc2C(=O)N(CCOC)C12CCCCC2. The molecule has 0 radical (unpaired) electrons. The van der Waals surface area contributed by atoms with Gasteiger partial charge in [-0.25, -0.2) is 0 Å². The highest BCUT2D eigenvalue weighted by molar-refractivity contribution is 6.02. The number of hydrogen-bond donors (Lipinski definition) is 1. The second kappa shape index (κ2) is 9.55. The molecule has 3 rings (SSSR count). The fourth-order valence-electron chi connectivity index (χ4n) is 5.04. The highest BCUT2D eigenvalue weighted by Gasteiger charge is 2.54. The van der Waals surface area contributed by atoms with Crippen LogP contribution in [-0.2, 0) is 9.53 Å². The van der Waals surface area contributed by atoms with Gasteiger partial charge in [0, 0.05) is 25.8 Å². The molecular weight excluding hydrogens is 352 g/mol. The Labute approximate surface area is 168 Å². The van der Waals surface area contributed by atoms with Crippen LogP contribution in [0, 0.1) is 0 Å². The number of methoxy groups -OCH3 is 1. The first-order chi connectivity index (χ1) is 13.7. The number of unbranched alkanes of at least 4 members (excludes halogenated alkanes) is 2. The van der Waals surface area contributed by atoms with Crippen LogP contribution < -0.4 is 5.32 Å². The van der Waals surface area contributed by atoms with Crippen LogP contribution in [0.5, 0.6) is 0 Å². The molecular formula is C23H34N2O3. The zero-order valence-corrected chi connectivity index (χ0v) is 17.3. The number of carbonyl (C=O) groups excluding carboxylic acids is 2. The lowest BCUT2D eigenvalue weighted by Gasteiger charge is -2.53. The van der Waals surface area contributed by atoms with E-state index in [9.17, 15) is 9.59 Å². The van der Waals surface area contributed by atoms with Crippen molar-refractivity contribution in [2.24, 2.45) is 0 Å². The molecule has 0 saturated heterocycles. The second-order valence-corrected chi connectivity index (χ2v) is 8.13. The number of ether oxygens (including phenoxy) is 1. The highest BCUT2D eigenvalue weighted by atomic mass is 16.5. The Balaban J connectivity index is 1.99. The third kappa shape index (κ3) is 3.95. The molecule has 1 atom stereocenters. The third-order valence-corrected chi connectivity index (χ3v) is 6.40. The zero-order valence-electron chi connectivity index (χ0n) is 17.3. The van der Waals surface area contributed by atoms with E-state index < -0.39 is 5.54 Å². The Morgan fingerprint density at radius 2 is 1.96 bits per heavy atom. The molecule has 1 fully saturated rings. The first-order valence-corrected chi connectivity index (χ1v) is 10.8. The maximum absolute atomic E-state index is 13.4. The molecule has 1 spiro atoms. The molecule has 0 bridgehead atoms. The largest absolute Gasteiger partial charge is 0.383 e. The van der Waals surface area contributed by atoms with Gasteiger partial charge in [0.2, 0.25) is 5.91 Å². The van der Waals surface area contributed by atoms with Gasteiger partial charge in [-0.15, -0.1) is 0 Å². The Morgan fingerprint density at radius 3 is 2.68 bits per heavy atom. The summed E-state index contributed by atoms with van der Waals surface area (Å²) in [6.45, 7) is 3.88. The second-order valence-electron chi connectivity index (χ2n) is 8.13. The van der Waals surface area contributed by atoms with Crippen molar-refractivity contribution in [3.05, 3.63) is 35.4 Å². The first-order valence-electron chi connectivity index (χ1n) is 10.8. The number of benzene rings is 1. The van der Waals surface area contributed by atoms with Gasteiger partial charge in [-0.1, -0.05) is 57.2 Å². The van der Waals surface area contributed by atoms with E-state index >= 15 is 0 Å². The molecule has 0 aromatic heterocycles. The van der Waals surface area contributed by atoms with E-state index in [-0.39, 0.29) is 17.7 Å². The summed E-state index contributed by atoms with van der Waals surface area (Å²) in [5.41, 5.74) is 1.14. The van der Waals surface area contributed by atoms with Crippen LogP contribution in [0.4, 0.5) is 0 Å². The molecule has 5 heteroatoms. The van der Waals surface area contributed by atoms with E-state index in [1.54, 1.807) is 7.11 Å². The number of carbonyl (C=O) groups is 2. The lowest BCUT2D eigenvalue weighted by molar-refractivity contribution is -0.127. The van der Waals surface area contributed by atoms with Gasteiger partial charge in [0.25, 0.3) is 5.91 Å². The minimum atomic E-state index is -0.433. The Kier molecular flexibility index (Phi) is 7.11. The molecule has 1 aliphatic carbocycles. The van der Waals surface area contributed by atoms with E-state index in [2.05, 4.69) is 12.2 Å². The van der Waals surface area contributed by atoms with Crippen molar-refractivity contribution in [2.75, 3.05) is 26.8 Å². The van der Waals surface area contributed by atoms with E-state index in [0.717, 1.165) is 50.5 Å². The quantitative estimate of drug-likeness (QED) is 0.690. The van der Waals surface area contributed by atoms with Crippen LogP contribution in [0.1, 0.15) is 80.1 Å². The lowest BCUT2D eigenvalue weighted by atomic mass is 9.65. The molecule has 1 aromatic carbocycles. The number of nitrogens with zero attached hydrogens (tertiary/aromatic N) is 1. The first kappa shape index (κ1) is 20.8. The molecule has 5 nitrogen and oxygen atoms in total. The third-order valence-electron chi connectivity index (χ3n) is 6.40. The Hall–Kier alpha value is -1.88. The van der Waals surface area contributed by atoms with E-state index in [1.807, 2.05) is 29.2 Å². The Morgan fingerprint density at radius 1 is 1.21 bits per heavy atom. The van der Waals surface area contributed by atoms with E-state index in [0.29, 0.717) is 25.3 Å². The average Bonchev–Trinajstić information content (AvgIpc) is 2.72. The van der Waals surface area contributed by atoms with Crippen LogP contribution in [0.2, 0.25) is 0 Å². The van der Waals surface area contributed by atoms with Crippen LogP contribution in [0.15, 0.2) is 24.3 Å². The predicted molar refractivity (Wildman–Crippen MR) is 110 cm³/mol. The average molecular weight is 387 g/mol. The van der Waals surface area contributed by atoms with Gasteiger partial charge in [0.1, 0.15) is 0 Å². The summed E-state index contributed by atoms with van der Waals surface area (Å²) in [6, 6.07) is 7.68. The van der Waals surface area contributed by atoms with E-state index in [4.69, 9.17) is 4.74 Å². The van der Waals surface area contributed by atoms with Crippen molar-refractivity contribution in [1.29, 1.82) is 0 Å². The molecule has 1 aromatic rings. The van der Waals surface area contributed by atoms with Crippen molar-refractivity contribution in [3.63, 3.8) is 0 Å².